The minimum absolute atomic E-state index is 0.130. The Morgan fingerprint density at radius 1 is 1.50 bits per heavy atom. The van der Waals surface area contributed by atoms with E-state index in [9.17, 15) is 9.59 Å². The van der Waals surface area contributed by atoms with Crippen LogP contribution in [-0.4, -0.2) is 28.9 Å². The standard InChI is InChI=1S/C14H20N2O2/c1-3-11-5-4-8-16(9-11)14(18)12-7-6-10(2)15-13(12)17/h6-7,11H,3-5,8-9H2,1-2H3,(H,15,17)/t11-/m1/s1. The topological polar surface area (TPSA) is 53.2 Å². The summed E-state index contributed by atoms with van der Waals surface area (Å²) < 4.78 is 0. The van der Waals surface area contributed by atoms with Crippen LogP contribution in [0, 0.1) is 12.8 Å². The van der Waals surface area contributed by atoms with Gasteiger partial charge in [-0.25, -0.2) is 0 Å². The Hall–Kier alpha value is -1.58. The van der Waals surface area contributed by atoms with E-state index in [1.807, 2.05) is 11.8 Å². The number of H-pyrrole nitrogens is 1. The van der Waals surface area contributed by atoms with Crippen LogP contribution in [0.5, 0.6) is 0 Å². The fourth-order valence-electron chi connectivity index (χ4n) is 2.49. The van der Waals surface area contributed by atoms with E-state index in [1.54, 1.807) is 12.1 Å². The van der Waals surface area contributed by atoms with Crippen molar-refractivity contribution in [1.82, 2.24) is 9.88 Å². The van der Waals surface area contributed by atoms with Crippen LogP contribution >= 0.6 is 0 Å². The third-order valence-electron chi connectivity index (χ3n) is 3.67. The molecule has 1 aliphatic rings. The molecule has 0 bridgehead atoms. The average molecular weight is 248 g/mol. The van der Waals surface area contributed by atoms with Crippen molar-refractivity contribution < 1.29 is 4.79 Å². The minimum atomic E-state index is -0.279. The smallest absolute Gasteiger partial charge is 0.260 e. The number of aromatic nitrogens is 1. The van der Waals surface area contributed by atoms with Gasteiger partial charge in [-0.05, 0) is 37.8 Å². The number of piperidine rings is 1. The highest BCUT2D eigenvalue weighted by Crippen LogP contribution is 2.20. The molecule has 4 nitrogen and oxygen atoms in total. The summed E-state index contributed by atoms with van der Waals surface area (Å²) in [5.74, 6) is 0.446. The zero-order valence-electron chi connectivity index (χ0n) is 11.0. The Morgan fingerprint density at radius 3 is 2.94 bits per heavy atom. The molecule has 0 aromatic carbocycles. The highest BCUT2D eigenvalue weighted by Gasteiger charge is 2.24. The van der Waals surface area contributed by atoms with Gasteiger partial charge in [0.2, 0.25) is 0 Å². The number of nitrogens with zero attached hydrogens (tertiary/aromatic N) is 1. The van der Waals surface area contributed by atoms with Crippen LogP contribution in [-0.2, 0) is 0 Å². The summed E-state index contributed by atoms with van der Waals surface area (Å²) >= 11 is 0. The first-order valence-electron chi connectivity index (χ1n) is 6.61. The van der Waals surface area contributed by atoms with Crippen molar-refractivity contribution in [2.24, 2.45) is 5.92 Å². The molecule has 1 aromatic rings. The summed E-state index contributed by atoms with van der Waals surface area (Å²) in [5, 5.41) is 0. The lowest BCUT2D eigenvalue weighted by molar-refractivity contribution is 0.0669. The van der Waals surface area contributed by atoms with E-state index in [0.717, 1.165) is 31.6 Å². The van der Waals surface area contributed by atoms with Crippen LogP contribution in [0.3, 0.4) is 0 Å². The molecule has 2 heterocycles. The van der Waals surface area contributed by atoms with Gasteiger partial charge in [0.05, 0.1) is 0 Å². The fraction of sp³-hybridized carbons (Fsp3) is 0.571. The number of rotatable bonds is 2. The lowest BCUT2D eigenvalue weighted by atomic mass is 9.95. The maximum atomic E-state index is 12.3. The van der Waals surface area contributed by atoms with Gasteiger partial charge >= 0.3 is 0 Å². The number of carbonyl (C=O) groups excluding carboxylic acids is 1. The highest BCUT2D eigenvalue weighted by atomic mass is 16.2. The van der Waals surface area contributed by atoms with E-state index in [4.69, 9.17) is 0 Å². The van der Waals surface area contributed by atoms with Gasteiger partial charge in [-0.1, -0.05) is 13.3 Å². The van der Waals surface area contributed by atoms with Gasteiger partial charge in [-0.2, -0.15) is 0 Å². The maximum absolute atomic E-state index is 12.3. The third-order valence-corrected chi connectivity index (χ3v) is 3.67. The predicted octanol–water partition coefficient (Wildman–Crippen LogP) is 1.95. The second-order valence-corrected chi connectivity index (χ2v) is 5.05. The van der Waals surface area contributed by atoms with E-state index < -0.39 is 0 Å². The quantitative estimate of drug-likeness (QED) is 0.869. The normalized spacial score (nSPS) is 19.9. The van der Waals surface area contributed by atoms with Crippen molar-refractivity contribution in [3.63, 3.8) is 0 Å². The Bertz CT molecular complexity index is 493. The van der Waals surface area contributed by atoms with Crippen LogP contribution < -0.4 is 5.56 Å². The molecule has 0 radical (unpaired) electrons. The van der Waals surface area contributed by atoms with Gasteiger partial charge in [0, 0.05) is 18.8 Å². The lowest BCUT2D eigenvalue weighted by Crippen LogP contribution is -2.41. The van der Waals surface area contributed by atoms with Gasteiger partial charge in [-0.15, -0.1) is 0 Å². The molecule has 0 aliphatic carbocycles. The van der Waals surface area contributed by atoms with Gasteiger partial charge < -0.3 is 9.88 Å². The van der Waals surface area contributed by atoms with Crippen molar-refractivity contribution in [3.05, 3.63) is 33.7 Å². The van der Waals surface area contributed by atoms with E-state index in [-0.39, 0.29) is 17.0 Å². The molecule has 4 heteroatoms. The number of hydrogen-bond donors (Lipinski definition) is 1. The first-order chi connectivity index (χ1) is 8.61. The fourth-order valence-corrected chi connectivity index (χ4v) is 2.49. The second-order valence-electron chi connectivity index (χ2n) is 5.05. The van der Waals surface area contributed by atoms with Crippen molar-refractivity contribution in [3.8, 4) is 0 Å². The number of pyridine rings is 1. The first-order valence-corrected chi connectivity index (χ1v) is 6.61. The van der Waals surface area contributed by atoms with Crippen LogP contribution in [0.1, 0.15) is 42.2 Å². The number of carbonyl (C=O) groups is 1. The molecule has 1 aromatic heterocycles. The molecular weight excluding hydrogens is 228 g/mol. The molecule has 0 spiro atoms. The Balaban J connectivity index is 2.18. The zero-order valence-corrected chi connectivity index (χ0v) is 11.0. The molecule has 1 fully saturated rings. The van der Waals surface area contributed by atoms with E-state index in [1.165, 1.54) is 6.42 Å². The van der Waals surface area contributed by atoms with Crippen molar-refractivity contribution in [1.29, 1.82) is 0 Å². The number of aryl methyl sites for hydroxylation is 1. The summed E-state index contributed by atoms with van der Waals surface area (Å²) in [7, 11) is 0. The van der Waals surface area contributed by atoms with Gasteiger partial charge in [0.1, 0.15) is 5.56 Å². The maximum Gasteiger partial charge on any atom is 0.260 e. The summed E-state index contributed by atoms with van der Waals surface area (Å²) in [6, 6.07) is 3.40. The minimum Gasteiger partial charge on any atom is -0.338 e. The van der Waals surface area contributed by atoms with Crippen molar-refractivity contribution in [2.75, 3.05) is 13.1 Å². The lowest BCUT2D eigenvalue weighted by Gasteiger charge is -2.32. The predicted molar refractivity (Wildman–Crippen MR) is 70.7 cm³/mol. The molecule has 98 valence electrons. The number of amides is 1. The van der Waals surface area contributed by atoms with Crippen LogP contribution in [0.4, 0.5) is 0 Å². The second kappa shape index (κ2) is 5.38. The molecule has 0 saturated carbocycles. The monoisotopic (exact) mass is 248 g/mol. The summed E-state index contributed by atoms with van der Waals surface area (Å²) in [4.78, 5) is 28.6. The van der Waals surface area contributed by atoms with E-state index >= 15 is 0 Å². The Labute approximate surface area is 107 Å². The average Bonchev–Trinajstić information content (AvgIpc) is 2.38. The molecule has 1 N–H and O–H groups in total. The number of hydrogen-bond acceptors (Lipinski definition) is 2. The van der Waals surface area contributed by atoms with Gasteiger partial charge in [0.25, 0.3) is 11.5 Å². The third kappa shape index (κ3) is 2.63. The van der Waals surface area contributed by atoms with Crippen LogP contribution in [0.25, 0.3) is 0 Å². The van der Waals surface area contributed by atoms with Crippen molar-refractivity contribution in [2.45, 2.75) is 33.1 Å². The molecule has 1 amide bonds. The summed E-state index contributed by atoms with van der Waals surface area (Å²) in [5.41, 5.74) is 0.762. The molecule has 1 saturated heterocycles. The van der Waals surface area contributed by atoms with E-state index in [0.29, 0.717) is 5.92 Å². The first kappa shape index (κ1) is 12.9. The Kier molecular flexibility index (Phi) is 3.84. The number of aromatic amines is 1. The Morgan fingerprint density at radius 2 is 2.28 bits per heavy atom. The SMILES string of the molecule is CC[C@@H]1CCCN(C(=O)c2ccc(C)[nH]c2=O)C1. The molecule has 2 rings (SSSR count). The summed E-state index contributed by atoms with van der Waals surface area (Å²) in [6.07, 6.45) is 3.31. The molecular formula is C14H20N2O2. The number of likely N-dealkylation sites (tertiary alicyclic amines) is 1. The van der Waals surface area contributed by atoms with Gasteiger partial charge in [0.15, 0.2) is 0 Å². The summed E-state index contributed by atoms with van der Waals surface area (Å²) in [6.45, 7) is 5.51. The van der Waals surface area contributed by atoms with Crippen LogP contribution in [0.15, 0.2) is 16.9 Å². The molecule has 18 heavy (non-hydrogen) atoms. The van der Waals surface area contributed by atoms with Crippen LogP contribution in [0.2, 0.25) is 0 Å². The molecule has 0 unspecified atom stereocenters. The zero-order chi connectivity index (χ0) is 13.1. The molecule has 1 atom stereocenters. The number of nitrogens with one attached hydrogen (secondary N) is 1. The van der Waals surface area contributed by atoms with E-state index in [2.05, 4.69) is 11.9 Å². The van der Waals surface area contributed by atoms with Crippen molar-refractivity contribution >= 4 is 5.91 Å². The largest absolute Gasteiger partial charge is 0.338 e. The van der Waals surface area contributed by atoms with Gasteiger partial charge in [-0.3, -0.25) is 9.59 Å². The molecule has 1 aliphatic heterocycles. The highest BCUT2D eigenvalue weighted by molar-refractivity contribution is 5.93.